The summed E-state index contributed by atoms with van der Waals surface area (Å²) >= 11 is 0. The van der Waals surface area contributed by atoms with Crippen LogP contribution in [-0.4, -0.2) is 32.9 Å². The van der Waals surface area contributed by atoms with Crippen molar-refractivity contribution < 1.29 is 14.5 Å². The van der Waals surface area contributed by atoms with Crippen molar-refractivity contribution in [3.63, 3.8) is 0 Å². The summed E-state index contributed by atoms with van der Waals surface area (Å²) < 4.78 is 2.35. The predicted octanol–water partition coefficient (Wildman–Crippen LogP) is 5.86. The molecule has 2 heterocycles. The summed E-state index contributed by atoms with van der Waals surface area (Å²) in [7, 11) is 0. The van der Waals surface area contributed by atoms with Crippen molar-refractivity contribution in [1.29, 1.82) is 0 Å². The van der Waals surface area contributed by atoms with Crippen LogP contribution in [0.3, 0.4) is 0 Å². The topological polar surface area (TPSA) is 43.6 Å². The maximum atomic E-state index is 13.8. The monoisotopic (exact) mass is 487 g/mol. The number of carboxylic acids is 1. The summed E-state index contributed by atoms with van der Waals surface area (Å²) in [6.45, 7) is 5.37. The van der Waals surface area contributed by atoms with Gasteiger partial charge in [-0.2, -0.15) is 0 Å². The van der Waals surface area contributed by atoms with Gasteiger partial charge in [0.05, 0.1) is 12.1 Å². The lowest BCUT2D eigenvalue weighted by Gasteiger charge is -2.36. The van der Waals surface area contributed by atoms with E-state index in [0.717, 1.165) is 46.6 Å². The van der Waals surface area contributed by atoms with Crippen molar-refractivity contribution in [1.82, 2.24) is 4.90 Å². The molecule has 2 atom stereocenters. The number of nitrogens with zero attached hydrogens (tertiary/aromatic N) is 2. The Morgan fingerprint density at radius 1 is 0.865 bits per heavy atom. The summed E-state index contributed by atoms with van der Waals surface area (Å²) in [6, 6.07) is 34.8. The van der Waals surface area contributed by atoms with E-state index in [4.69, 9.17) is 0 Å². The molecule has 4 aromatic carbocycles. The first-order valence-electron chi connectivity index (χ1n) is 12.9. The maximum absolute atomic E-state index is 13.8. The van der Waals surface area contributed by atoms with Crippen molar-refractivity contribution in [2.75, 3.05) is 6.54 Å². The van der Waals surface area contributed by atoms with Crippen molar-refractivity contribution >= 4 is 11.8 Å². The second-order valence-electron chi connectivity index (χ2n) is 10.2. The molecule has 0 saturated heterocycles. The zero-order valence-corrected chi connectivity index (χ0v) is 21.3. The average Bonchev–Trinajstić information content (AvgIpc) is 3.21. The van der Waals surface area contributed by atoms with Gasteiger partial charge in [-0.1, -0.05) is 102 Å². The summed E-state index contributed by atoms with van der Waals surface area (Å²) in [4.78, 5) is 16.0. The van der Waals surface area contributed by atoms with E-state index in [1.54, 1.807) is 0 Å². The smallest absolute Gasteiger partial charge is 0.362 e. The lowest BCUT2D eigenvalue weighted by molar-refractivity contribution is -0.574. The van der Waals surface area contributed by atoms with E-state index in [9.17, 15) is 9.90 Å². The highest BCUT2D eigenvalue weighted by atomic mass is 16.4. The molecule has 2 aliphatic rings. The van der Waals surface area contributed by atoms with Gasteiger partial charge in [0.2, 0.25) is 0 Å². The van der Waals surface area contributed by atoms with Gasteiger partial charge in [0.1, 0.15) is 6.54 Å². The Bertz CT molecular complexity index is 1490. The SMILES string of the molecule is Cc1ccc(C2=[N+]3CCc4ccccc4C3C(C(=O)O)(c3ccc(C)cc3)N2Cc2ccccc2)cc1. The summed E-state index contributed by atoms with van der Waals surface area (Å²) in [5, 5.41) is 11.3. The predicted molar refractivity (Wildman–Crippen MR) is 146 cm³/mol. The Labute approximate surface area is 218 Å². The van der Waals surface area contributed by atoms with E-state index in [0.29, 0.717) is 6.54 Å². The van der Waals surface area contributed by atoms with Crippen molar-refractivity contribution in [2.24, 2.45) is 0 Å². The van der Waals surface area contributed by atoms with Crippen LogP contribution in [0.25, 0.3) is 0 Å². The molecule has 37 heavy (non-hydrogen) atoms. The molecular weight excluding hydrogens is 456 g/mol. The van der Waals surface area contributed by atoms with E-state index in [2.05, 4.69) is 71.0 Å². The molecule has 0 aromatic heterocycles. The van der Waals surface area contributed by atoms with Gasteiger partial charge >= 0.3 is 5.97 Å². The number of hydrogen-bond donors (Lipinski definition) is 1. The van der Waals surface area contributed by atoms with Gasteiger partial charge in [0.15, 0.2) is 6.04 Å². The lowest BCUT2D eigenvalue weighted by Crippen LogP contribution is -2.54. The summed E-state index contributed by atoms with van der Waals surface area (Å²) in [5.74, 6) is 0.146. The van der Waals surface area contributed by atoms with Crippen LogP contribution in [0, 0.1) is 13.8 Å². The highest BCUT2D eigenvalue weighted by molar-refractivity contribution is 6.01. The van der Waals surface area contributed by atoms with E-state index < -0.39 is 11.5 Å². The molecular formula is C33H31N2O2+. The number of benzene rings is 4. The standard InChI is InChI=1S/C33H30N2O2/c1-23-12-16-27(17-13-23)31-34-21-20-26-10-6-7-11-29(26)30(34)33(32(36)37,28-18-14-24(2)15-19-28)35(31)22-25-8-4-3-5-9-25/h3-19,30H,20-22H2,1-2H3/p+1. The molecule has 6 rings (SSSR count). The van der Waals surface area contributed by atoms with Crippen molar-refractivity contribution in [3.8, 4) is 0 Å². The van der Waals surface area contributed by atoms with E-state index >= 15 is 0 Å². The number of hydrogen-bond acceptors (Lipinski definition) is 2. The van der Waals surface area contributed by atoms with Gasteiger partial charge < -0.3 is 5.11 Å². The molecule has 2 unspecified atom stereocenters. The molecule has 4 nitrogen and oxygen atoms in total. The summed E-state index contributed by atoms with van der Waals surface area (Å²) in [5.41, 5.74) is 6.24. The molecule has 0 bridgehead atoms. The first-order valence-corrected chi connectivity index (χ1v) is 12.9. The third kappa shape index (κ3) is 3.67. The molecule has 0 saturated carbocycles. The lowest BCUT2D eigenvalue weighted by atomic mass is 9.75. The van der Waals surface area contributed by atoms with Crippen LogP contribution in [0.5, 0.6) is 0 Å². The minimum atomic E-state index is -1.31. The maximum Gasteiger partial charge on any atom is 0.362 e. The Kier molecular flexibility index (Phi) is 5.68. The first kappa shape index (κ1) is 23.2. The second-order valence-corrected chi connectivity index (χ2v) is 10.2. The number of aryl methyl sites for hydroxylation is 2. The molecule has 184 valence electrons. The van der Waals surface area contributed by atoms with Crippen LogP contribution in [0.1, 0.15) is 45.0 Å². The average molecular weight is 488 g/mol. The van der Waals surface area contributed by atoms with Crippen molar-refractivity contribution in [2.45, 2.75) is 38.4 Å². The number of rotatable bonds is 5. The second kappa shape index (κ2) is 9.04. The molecule has 0 spiro atoms. The molecule has 0 radical (unpaired) electrons. The first-order chi connectivity index (χ1) is 18.0. The van der Waals surface area contributed by atoms with Gasteiger partial charge in [0.25, 0.3) is 11.4 Å². The van der Waals surface area contributed by atoms with Gasteiger partial charge in [-0.15, -0.1) is 0 Å². The van der Waals surface area contributed by atoms with Gasteiger partial charge in [-0.25, -0.2) is 14.3 Å². The zero-order valence-electron chi connectivity index (χ0n) is 21.3. The Hall–Kier alpha value is -4.18. The van der Waals surface area contributed by atoms with Gasteiger partial charge in [-0.05, 0) is 37.1 Å². The third-order valence-electron chi connectivity index (χ3n) is 7.94. The molecule has 4 aromatic rings. The normalized spacial score (nSPS) is 20.5. The Balaban J connectivity index is 1.69. The molecule has 0 aliphatic carbocycles. The Morgan fingerprint density at radius 3 is 2.16 bits per heavy atom. The molecule has 1 N–H and O–H groups in total. The molecule has 4 heteroatoms. The minimum Gasteiger partial charge on any atom is -0.477 e. The zero-order chi connectivity index (χ0) is 25.6. The number of carboxylic acid groups (broad SMARTS) is 1. The largest absolute Gasteiger partial charge is 0.477 e. The van der Waals surface area contributed by atoms with Gasteiger partial charge in [-0.3, -0.25) is 0 Å². The van der Waals surface area contributed by atoms with E-state index in [-0.39, 0.29) is 6.04 Å². The summed E-state index contributed by atoms with van der Waals surface area (Å²) in [6.07, 6.45) is 0.880. The number of amidine groups is 1. The highest BCUT2D eigenvalue weighted by Gasteiger charge is 2.68. The van der Waals surface area contributed by atoms with Crippen LogP contribution in [0.4, 0.5) is 0 Å². The quantitative estimate of drug-likeness (QED) is 0.359. The number of fused-ring (bicyclic) bond motifs is 3. The van der Waals surface area contributed by atoms with Crippen LogP contribution >= 0.6 is 0 Å². The third-order valence-corrected chi connectivity index (χ3v) is 7.94. The van der Waals surface area contributed by atoms with Gasteiger partial charge in [0, 0.05) is 17.5 Å². The highest BCUT2D eigenvalue weighted by Crippen LogP contribution is 2.51. The molecule has 0 fully saturated rings. The fourth-order valence-corrected chi connectivity index (χ4v) is 6.18. The molecule has 0 amide bonds. The number of aliphatic carboxylic acids is 1. The number of carbonyl (C=O) groups is 1. The minimum absolute atomic E-state index is 0.363. The van der Waals surface area contributed by atoms with Crippen molar-refractivity contribution in [3.05, 3.63) is 142 Å². The van der Waals surface area contributed by atoms with Crippen LogP contribution in [0.15, 0.2) is 103 Å². The molecule has 2 aliphatic heterocycles. The van der Waals surface area contributed by atoms with E-state index in [1.807, 2.05) is 55.5 Å². The van der Waals surface area contributed by atoms with E-state index in [1.165, 1.54) is 11.1 Å². The fraction of sp³-hybridized carbons (Fsp3) is 0.212. The Morgan fingerprint density at radius 2 is 1.49 bits per heavy atom. The van der Waals surface area contributed by atoms with Crippen LogP contribution < -0.4 is 0 Å². The fourth-order valence-electron chi connectivity index (χ4n) is 6.18. The van der Waals surface area contributed by atoms with Crippen LogP contribution in [-0.2, 0) is 23.3 Å². The van der Waals surface area contributed by atoms with Crippen LogP contribution in [0.2, 0.25) is 0 Å².